The SMILES string of the molecule is Cc1c(C(C)Nc2cccc(N3CCCC3=O)c2)nnn1-c1ccc(F)cc1. The fraction of sp³-hybridized carbons (Fsp3) is 0.286. The number of nitrogens with one attached hydrogen (secondary N) is 1. The average molecular weight is 379 g/mol. The lowest BCUT2D eigenvalue weighted by atomic mass is 10.1. The summed E-state index contributed by atoms with van der Waals surface area (Å²) in [6.07, 6.45) is 1.51. The summed E-state index contributed by atoms with van der Waals surface area (Å²) in [4.78, 5) is 13.8. The summed E-state index contributed by atoms with van der Waals surface area (Å²) in [6, 6.07) is 13.9. The third-order valence-electron chi connectivity index (χ3n) is 5.03. The number of carbonyl (C=O) groups excluding carboxylic acids is 1. The lowest BCUT2D eigenvalue weighted by molar-refractivity contribution is -0.117. The van der Waals surface area contributed by atoms with Gasteiger partial charge in [0.1, 0.15) is 11.5 Å². The van der Waals surface area contributed by atoms with E-state index in [1.807, 2.05) is 43.0 Å². The van der Waals surface area contributed by atoms with E-state index in [9.17, 15) is 9.18 Å². The molecule has 0 bridgehead atoms. The van der Waals surface area contributed by atoms with Crippen LogP contribution in [0.2, 0.25) is 0 Å². The topological polar surface area (TPSA) is 63.1 Å². The molecular formula is C21H22FN5O. The van der Waals surface area contributed by atoms with E-state index in [2.05, 4.69) is 15.6 Å². The van der Waals surface area contributed by atoms with Crippen molar-refractivity contribution in [3.05, 3.63) is 65.7 Å². The van der Waals surface area contributed by atoms with Crippen molar-refractivity contribution in [1.29, 1.82) is 0 Å². The Hall–Kier alpha value is -3.22. The molecule has 1 aliphatic heterocycles. The van der Waals surface area contributed by atoms with E-state index in [1.54, 1.807) is 16.8 Å². The van der Waals surface area contributed by atoms with Gasteiger partial charge in [-0.1, -0.05) is 11.3 Å². The second kappa shape index (κ2) is 7.42. The minimum Gasteiger partial charge on any atom is -0.377 e. The normalized spacial score (nSPS) is 15.1. The summed E-state index contributed by atoms with van der Waals surface area (Å²) >= 11 is 0. The van der Waals surface area contributed by atoms with Crippen molar-refractivity contribution in [2.45, 2.75) is 32.7 Å². The highest BCUT2D eigenvalue weighted by atomic mass is 19.1. The van der Waals surface area contributed by atoms with Gasteiger partial charge in [-0.05, 0) is 62.7 Å². The summed E-state index contributed by atoms with van der Waals surface area (Å²) in [5.41, 5.74) is 4.29. The van der Waals surface area contributed by atoms with E-state index in [0.717, 1.165) is 41.4 Å². The molecule has 0 spiro atoms. The molecule has 4 rings (SSSR count). The molecule has 1 N–H and O–H groups in total. The van der Waals surface area contributed by atoms with Crippen molar-refractivity contribution >= 4 is 17.3 Å². The summed E-state index contributed by atoms with van der Waals surface area (Å²) in [6.45, 7) is 4.72. The highest BCUT2D eigenvalue weighted by Gasteiger charge is 2.22. The average Bonchev–Trinajstić information content (AvgIpc) is 3.28. The molecule has 1 amide bonds. The van der Waals surface area contributed by atoms with E-state index in [0.29, 0.717) is 6.42 Å². The molecule has 1 aliphatic rings. The Labute approximate surface area is 163 Å². The van der Waals surface area contributed by atoms with Crippen molar-refractivity contribution in [2.75, 3.05) is 16.8 Å². The number of hydrogen-bond donors (Lipinski definition) is 1. The molecule has 0 radical (unpaired) electrons. The van der Waals surface area contributed by atoms with Crippen LogP contribution in [0.4, 0.5) is 15.8 Å². The third-order valence-corrected chi connectivity index (χ3v) is 5.03. The van der Waals surface area contributed by atoms with Gasteiger partial charge in [0.25, 0.3) is 0 Å². The van der Waals surface area contributed by atoms with Crippen molar-refractivity contribution in [1.82, 2.24) is 15.0 Å². The van der Waals surface area contributed by atoms with Crippen LogP contribution in [0.3, 0.4) is 0 Å². The second-order valence-electron chi connectivity index (χ2n) is 7.01. The highest BCUT2D eigenvalue weighted by Crippen LogP contribution is 2.27. The minimum absolute atomic E-state index is 0.0845. The molecule has 2 heterocycles. The van der Waals surface area contributed by atoms with Gasteiger partial charge in [0.2, 0.25) is 5.91 Å². The Morgan fingerprint density at radius 3 is 2.64 bits per heavy atom. The lowest BCUT2D eigenvalue weighted by Crippen LogP contribution is -2.23. The fourth-order valence-corrected chi connectivity index (χ4v) is 3.57. The first-order chi connectivity index (χ1) is 13.5. The van der Waals surface area contributed by atoms with Crippen molar-refractivity contribution < 1.29 is 9.18 Å². The first kappa shape index (κ1) is 18.2. The van der Waals surface area contributed by atoms with Gasteiger partial charge >= 0.3 is 0 Å². The van der Waals surface area contributed by atoms with Crippen LogP contribution < -0.4 is 10.2 Å². The highest BCUT2D eigenvalue weighted by molar-refractivity contribution is 5.95. The van der Waals surface area contributed by atoms with Gasteiger partial charge in [-0.15, -0.1) is 5.10 Å². The van der Waals surface area contributed by atoms with Crippen LogP contribution in [0.15, 0.2) is 48.5 Å². The van der Waals surface area contributed by atoms with Gasteiger partial charge in [-0.3, -0.25) is 4.79 Å². The number of carbonyl (C=O) groups is 1. The molecule has 1 unspecified atom stereocenters. The van der Waals surface area contributed by atoms with Crippen molar-refractivity contribution in [2.24, 2.45) is 0 Å². The zero-order valence-electron chi connectivity index (χ0n) is 15.9. The second-order valence-corrected chi connectivity index (χ2v) is 7.01. The first-order valence-corrected chi connectivity index (χ1v) is 9.38. The Bertz CT molecular complexity index is 998. The Kier molecular flexibility index (Phi) is 4.81. The zero-order valence-corrected chi connectivity index (χ0v) is 15.9. The number of anilines is 2. The molecule has 1 atom stereocenters. The number of nitrogens with zero attached hydrogens (tertiary/aromatic N) is 4. The van der Waals surface area contributed by atoms with Crippen molar-refractivity contribution in [3.8, 4) is 5.69 Å². The number of aromatic nitrogens is 3. The summed E-state index contributed by atoms with van der Waals surface area (Å²) < 4.78 is 14.9. The standard InChI is InChI=1S/C21H22FN5O/c1-14(21-15(2)27(25-24-21)18-10-8-16(22)9-11-18)23-17-5-3-6-19(13-17)26-12-4-7-20(26)28/h3,5-6,8-11,13-14,23H,4,7,12H2,1-2H3. The molecule has 28 heavy (non-hydrogen) atoms. The van der Waals surface area contributed by atoms with E-state index in [4.69, 9.17) is 0 Å². The largest absolute Gasteiger partial charge is 0.377 e. The molecule has 1 aromatic heterocycles. The lowest BCUT2D eigenvalue weighted by Gasteiger charge is -2.19. The van der Waals surface area contributed by atoms with E-state index >= 15 is 0 Å². The summed E-state index contributed by atoms with van der Waals surface area (Å²) in [5, 5.41) is 12.0. The first-order valence-electron chi connectivity index (χ1n) is 9.38. The maximum atomic E-state index is 13.2. The van der Waals surface area contributed by atoms with E-state index < -0.39 is 0 Å². The Morgan fingerprint density at radius 2 is 1.93 bits per heavy atom. The number of hydrogen-bond acceptors (Lipinski definition) is 4. The van der Waals surface area contributed by atoms with Gasteiger partial charge in [-0.2, -0.15) is 0 Å². The quantitative estimate of drug-likeness (QED) is 0.727. The van der Waals surface area contributed by atoms with Gasteiger partial charge < -0.3 is 10.2 Å². The van der Waals surface area contributed by atoms with Crippen LogP contribution in [0, 0.1) is 12.7 Å². The molecule has 1 fully saturated rings. The van der Waals surface area contributed by atoms with Crippen LogP contribution in [-0.4, -0.2) is 27.4 Å². The van der Waals surface area contributed by atoms with Gasteiger partial charge in [0.15, 0.2) is 0 Å². The maximum Gasteiger partial charge on any atom is 0.227 e. The molecule has 0 saturated carbocycles. The monoisotopic (exact) mass is 379 g/mol. The third kappa shape index (κ3) is 3.47. The zero-order chi connectivity index (χ0) is 19.7. The maximum absolute atomic E-state index is 13.2. The number of amides is 1. The van der Waals surface area contributed by atoms with Crippen LogP contribution in [0.1, 0.15) is 37.2 Å². The van der Waals surface area contributed by atoms with E-state index in [-0.39, 0.29) is 17.8 Å². The summed E-state index contributed by atoms with van der Waals surface area (Å²) in [7, 11) is 0. The molecule has 1 saturated heterocycles. The molecule has 6 nitrogen and oxygen atoms in total. The molecular weight excluding hydrogens is 357 g/mol. The predicted molar refractivity (Wildman–Crippen MR) is 106 cm³/mol. The van der Waals surface area contributed by atoms with Gasteiger partial charge in [0, 0.05) is 24.3 Å². The number of rotatable bonds is 5. The molecule has 2 aromatic carbocycles. The summed E-state index contributed by atoms with van der Waals surface area (Å²) in [5.74, 6) is -0.114. The molecule has 7 heteroatoms. The van der Waals surface area contributed by atoms with Crippen LogP contribution in [0.25, 0.3) is 5.69 Å². The van der Waals surface area contributed by atoms with Crippen LogP contribution >= 0.6 is 0 Å². The molecule has 3 aromatic rings. The molecule has 0 aliphatic carbocycles. The van der Waals surface area contributed by atoms with E-state index in [1.165, 1.54) is 12.1 Å². The smallest absolute Gasteiger partial charge is 0.227 e. The minimum atomic E-state index is -0.284. The number of halogens is 1. The molecule has 144 valence electrons. The fourth-order valence-electron chi connectivity index (χ4n) is 3.57. The van der Waals surface area contributed by atoms with Crippen molar-refractivity contribution in [3.63, 3.8) is 0 Å². The predicted octanol–water partition coefficient (Wildman–Crippen LogP) is 4.01. The number of benzene rings is 2. The van der Waals surface area contributed by atoms with Crippen LogP contribution in [0.5, 0.6) is 0 Å². The van der Waals surface area contributed by atoms with Crippen LogP contribution in [-0.2, 0) is 4.79 Å². The van der Waals surface area contributed by atoms with Gasteiger partial charge in [0.05, 0.1) is 17.4 Å². The Morgan fingerprint density at radius 1 is 1.14 bits per heavy atom. The van der Waals surface area contributed by atoms with Gasteiger partial charge in [-0.25, -0.2) is 9.07 Å². The Balaban J connectivity index is 1.54.